The summed E-state index contributed by atoms with van der Waals surface area (Å²) in [6.45, 7) is 8.02. The molecular weight excluding hydrogens is 516 g/mol. The van der Waals surface area contributed by atoms with Crippen molar-refractivity contribution < 1.29 is 4.74 Å². The first-order chi connectivity index (χ1) is 20.0. The number of likely N-dealkylation sites (N-methyl/N-ethyl adjacent to an activating group) is 1. The van der Waals surface area contributed by atoms with Gasteiger partial charge in [0, 0.05) is 75.6 Å². The van der Waals surface area contributed by atoms with E-state index in [1.54, 1.807) is 17.1 Å². The fraction of sp³-hybridized carbons (Fsp3) is 0.367. The molecule has 1 fully saturated rings. The van der Waals surface area contributed by atoms with Gasteiger partial charge in [0.15, 0.2) is 5.82 Å². The zero-order valence-corrected chi connectivity index (χ0v) is 23.7. The van der Waals surface area contributed by atoms with Crippen molar-refractivity contribution in [3.63, 3.8) is 0 Å². The zero-order valence-electron chi connectivity index (χ0n) is 23.7. The Labute approximate surface area is 238 Å². The molecule has 0 saturated carbocycles. The van der Waals surface area contributed by atoms with Gasteiger partial charge in [-0.3, -0.25) is 9.58 Å². The van der Waals surface area contributed by atoms with E-state index < -0.39 is 0 Å². The van der Waals surface area contributed by atoms with Crippen LogP contribution in [0.1, 0.15) is 24.9 Å². The Kier molecular flexibility index (Phi) is 6.60. The molecule has 4 bridgehead atoms. The molecule has 1 aromatic carbocycles. The van der Waals surface area contributed by atoms with Crippen molar-refractivity contribution in [1.29, 1.82) is 0 Å². The summed E-state index contributed by atoms with van der Waals surface area (Å²) in [5, 5.41) is 13.9. The Balaban J connectivity index is 1.26. The van der Waals surface area contributed by atoms with Crippen molar-refractivity contribution in [3.05, 3.63) is 60.6 Å². The minimum atomic E-state index is 0.0868. The average Bonchev–Trinajstić information content (AvgIpc) is 3.54. The highest BCUT2D eigenvalue weighted by Gasteiger charge is 2.21. The number of fused-ring (bicyclic) bond motifs is 5. The molecule has 5 aromatic rings. The third kappa shape index (κ3) is 5.02. The summed E-state index contributed by atoms with van der Waals surface area (Å²) in [5.74, 6) is 2.54. The number of aryl methyl sites for hydroxylation is 1. The van der Waals surface area contributed by atoms with E-state index in [0.717, 1.165) is 66.9 Å². The van der Waals surface area contributed by atoms with Crippen LogP contribution in [0.2, 0.25) is 0 Å². The van der Waals surface area contributed by atoms with Crippen molar-refractivity contribution in [1.82, 2.24) is 44.3 Å². The predicted molar refractivity (Wildman–Crippen MR) is 158 cm³/mol. The molecule has 2 aliphatic heterocycles. The first kappa shape index (κ1) is 25.6. The van der Waals surface area contributed by atoms with E-state index in [9.17, 15) is 0 Å². The number of benzene rings is 1. The number of hydrogen-bond donors (Lipinski definition) is 1. The van der Waals surface area contributed by atoms with Crippen LogP contribution in [0.15, 0.2) is 55.0 Å². The smallest absolute Gasteiger partial charge is 0.222 e. The van der Waals surface area contributed by atoms with Crippen LogP contribution in [0.3, 0.4) is 0 Å². The molecule has 0 aliphatic carbocycles. The number of nitrogens with one attached hydrogen (secondary N) is 1. The molecule has 1 atom stereocenters. The van der Waals surface area contributed by atoms with Crippen LogP contribution in [0.25, 0.3) is 33.5 Å². The second kappa shape index (κ2) is 10.6. The lowest BCUT2D eigenvalue weighted by atomic mass is 10.1. The number of piperazine rings is 1. The third-order valence-corrected chi connectivity index (χ3v) is 8.02. The molecule has 4 aromatic heterocycles. The van der Waals surface area contributed by atoms with Gasteiger partial charge in [-0.1, -0.05) is 18.2 Å². The number of nitrogens with zero attached hydrogens (tertiary/aromatic N) is 9. The van der Waals surface area contributed by atoms with E-state index in [2.05, 4.69) is 74.2 Å². The summed E-state index contributed by atoms with van der Waals surface area (Å²) in [6, 6.07) is 12.7. The molecule has 0 unspecified atom stereocenters. The van der Waals surface area contributed by atoms with Gasteiger partial charge in [-0.2, -0.15) is 10.2 Å². The van der Waals surface area contributed by atoms with E-state index in [1.807, 2.05) is 19.3 Å². The van der Waals surface area contributed by atoms with Gasteiger partial charge < -0.3 is 15.0 Å². The van der Waals surface area contributed by atoms with Crippen molar-refractivity contribution in [2.45, 2.75) is 25.9 Å². The maximum absolute atomic E-state index is 6.25. The van der Waals surface area contributed by atoms with Crippen LogP contribution >= 0.6 is 0 Å². The van der Waals surface area contributed by atoms with Crippen LogP contribution in [0, 0.1) is 0 Å². The molecule has 2 aliphatic rings. The molecule has 210 valence electrons. The normalized spacial score (nSPS) is 18.1. The van der Waals surface area contributed by atoms with Crippen molar-refractivity contribution in [2.75, 3.05) is 45.2 Å². The summed E-state index contributed by atoms with van der Waals surface area (Å²) in [6.07, 6.45) is 6.14. The fourth-order valence-electron chi connectivity index (χ4n) is 5.62. The average molecular weight is 551 g/mol. The zero-order chi connectivity index (χ0) is 27.9. The quantitative estimate of drug-likeness (QED) is 0.355. The second-order valence-electron chi connectivity index (χ2n) is 11.0. The Morgan fingerprint density at radius 1 is 1.00 bits per heavy atom. The molecule has 1 saturated heterocycles. The summed E-state index contributed by atoms with van der Waals surface area (Å²) in [7, 11) is 4.05. The highest BCUT2D eigenvalue weighted by Crippen LogP contribution is 2.34. The van der Waals surface area contributed by atoms with Crippen LogP contribution < -0.4 is 10.1 Å². The van der Waals surface area contributed by atoms with Crippen LogP contribution in [0.4, 0.5) is 11.6 Å². The minimum Gasteiger partial charge on any atom is -0.477 e. The first-order valence-corrected chi connectivity index (χ1v) is 14.2. The predicted octanol–water partition coefficient (Wildman–Crippen LogP) is 4.12. The van der Waals surface area contributed by atoms with Gasteiger partial charge >= 0.3 is 0 Å². The van der Waals surface area contributed by atoms with Crippen molar-refractivity contribution >= 4 is 22.5 Å². The number of pyridine rings is 1. The van der Waals surface area contributed by atoms with Gasteiger partial charge in [0.05, 0.1) is 24.4 Å². The third-order valence-electron chi connectivity index (χ3n) is 8.02. The largest absolute Gasteiger partial charge is 0.477 e. The van der Waals surface area contributed by atoms with E-state index >= 15 is 0 Å². The minimum absolute atomic E-state index is 0.0868. The second-order valence-corrected chi connectivity index (χ2v) is 11.0. The lowest BCUT2D eigenvalue weighted by molar-refractivity contribution is 0.148. The SMILES string of the molecule is C[C@H]1CCOc2c(cnn2C)-c2nccc(n2)Nc2cc3c(cn2)c(-c2cccc(CN4CCN(C)CC4)c2)nn31. The summed E-state index contributed by atoms with van der Waals surface area (Å²) >= 11 is 0. The Hall–Kier alpha value is -4.35. The number of aromatic nitrogens is 7. The Morgan fingerprint density at radius 2 is 1.88 bits per heavy atom. The lowest BCUT2D eigenvalue weighted by Gasteiger charge is -2.32. The molecule has 0 radical (unpaired) electrons. The van der Waals surface area contributed by atoms with Gasteiger partial charge in [0.1, 0.15) is 22.9 Å². The van der Waals surface area contributed by atoms with Crippen LogP contribution in [0.5, 0.6) is 5.88 Å². The highest BCUT2D eigenvalue weighted by molar-refractivity contribution is 5.94. The molecular formula is C30H34N10O. The van der Waals surface area contributed by atoms with E-state index in [4.69, 9.17) is 19.8 Å². The first-order valence-electron chi connectivity index (χ1n) is 14.2. The monoisotopic (exact) mass is 550 g/mol. The number of ether oxygens (including phenoxy) is 1. The van der Waals surface area contributed by atoms with Gasteiger partial charge in [-0.15, -0.1) is 0 Å². The summed E-state index contributed by atoms with van der Waals surface area (Å²) in [4.78, 5) is 18.9. The lowest BCUT2D eigenvalue weighted by Crippen LogP contribution is -2.43. The molecule has 6 heterocycles. The summed E-state index contributed by atoms with van der Waals surface area (Å²) in [5.41, 5.74) is 5.11. The maximum atomic E-state index is 6.25. The van der Waals surface area contributed by atoms with E-state index in [1.165, 1.54) is 5.56 Å². The Bertz CT molecular complexity index is 1700. The molecule has 0 spiro atoms. The van der Waals surface area contributed by atoms with Gasteiger partial charge in [0.25, 0.3) is 0 Å². The molecule has 11 heteroatoms. The maximum Gasteiger partial charge on any atom is 0.222 e. The summed E-state index contributed by atoms with van der Waals surface area (Å²) < 4.78 is 10.1. The molecule has 0 amide bonds. The van der Waals surface area contributed by atoms with Gasteiger partial charge in [-0.05, 0) is 31.7 Å². The number of anilines is 2. The topological polar surface area (TPSA) is 102 Å². The van der Waals surface area contributed by atoms with Crippen molar-refractivity contribution in [2.24, 2.45) is 7.05 Å². The van der Waals surface area contributed by atoms with E-state index in [-0.39, 0.29) is 6.04 Å². The van der Waals surface area contributed by atoms with Crippen LogP contribution in [-0.2, 0) is 13.6 Å². The van der Waals surface area contributed by atoms with Gasteiger partial charge in [-0.25, -0.2) is 19.6 Å². The molecule has 11 nitrogen and oxygen atoms in total. The van der Waals surface area contributed by atoms with E-state index in [0.29, 0.717) is 29.9 Å². The standard InChI is InChI=1S/C30H34N10O/c1-20-8-14-41-30-24(18-33-38(30)3)29-31-9-7-26(35-29)34-27-16-25-23(17-32-27)28(36-40(20)25)22-6-4-5-21(15-22)19-39-12-10-37(2)11-13-39/h4-7,9,15-18,20H,8,10-14,19H2,1-3H3,(H,31,32,34,35)/t20-/m0/s1. The molecule has 41 heavy (non-hydrogen) atoms. The van der Waals surface area contributed by atoms with Crippen molar-refractivity contribution in [3.8, 4) is 28.5 Å². The number of rotatable bonds is 3. The number of hydrogen-bond acceptors (Lipinski definition) is 9. The molecule has 1 N–H and O–H groups in total. The van der Waals surface area contributed by atoms with Crippen LogP contribution in [-0.4, -0.2) is 84.1 Å². The van der Waals surface area contributed by atoms with Gasteiger partial charge in [0.2, 0.25) is 5.88 Å². The fourth-order valence-corrected chi connectivity index (χ4v) is 5.62. The molecule has 7 rings (SSSR count). The highest BCUT2D eigenvalue weighted by atomic mass is 16.5. The Morgan fingerprint density at radius 3 is 2.76 bits per heavy atom.